The molecule has 2 rings (SSSR count). The summed E-state index contributed by atoms with van der Waals surface area (Å²) < 4.78 is 27.0. The van der Waals surface area contributed by atoms with E-state index in [1.807, 2.05) is 0 Å². The lowest BCUT2D eigenvalue weighted by molar-refractivity contribution is -0.126. The van der Waals surface area contributed by atoms with E-state index >= 15 is 0 Å². The van der Waals surface area contributed by atoms with Crippen molar-refractivity contribution in [1.29, 1.82) is 0 Å². The van der Waals surface area contributed by atoms with Gasteiger partial charge in [0.25, 0.3) is 0 Å². The zero-order chi connectivity index (χ0) is 16.2. The van der Waals surface area contributed by atoms with Gasteiger partial charge in [-0.2, -0.15) is 0 Å². The van der Waals surface area contributed by atoms with Crippen LogP contribution in [0.25, 0.3) is 0 Å². The molecule has 124 valence electrons. The highest BCUT2D eigenvalue weighted by atomic mass is 35.5. The van der Waals surface area contributed by atoms with Gasteiger partial charge in [0.15, 0.2) is 0 Å². The van der Waals surface area contributed by atoms with Crippen LogP contribution in [0.4, 0.5) is 0 Å². The molecular formula is C13H20ClN3O3S2. The minimum Gasteiger partial charge on any atom is -0.355 e. The third kappa shape index (κ3) is 4.92. The number of piperidine rings is 1. The van der Waals surface area contributed by atoms with Crippen molar-refractivity contribution in [2.24, 2.45) is 5.92 Å². The molecule has 1 aromatic rings. The third-order valence-electron chi connectivity index (χ3n) is 3.52. The first-order chi connectivity index (χ1) is 10.4. The molecule has 22 heavy (non-hydrogen) atoms. The van der Waals surface area contributed by atoms with Crippen LogP contribution in [-0.2, 0) is 14.8 Å². The number of halogens is 1. The predicted octanol–water partition coefficient (Wildman–Crippen LogP) is 1.18. The molecule has 0 aromatic carbocycles. The Bertz CT molecular complexity index is 618. The van der Waals surface area contributed by atoms with Gasteiger partial charge in [0.2, 0.25) is 15.9 Å². The predicted molar refractivity (Wildman–Crippen MR) is 87.7 cm³/mol. The second kappa shape index (κ2) is 7.74. The topological polar surface area (TPSA) is 87.3 Å². The molecule has 0 bridgehead atoms. The molecule has 1 saturated heterocycles. The summed E-state index contributed by atoms with van der Waals surface area (Å²) in [5, 5.41) is 6.08. The molecule has 0 spiro atoms. The molecule has 2 atom stereocenters. The van der Waals surface area contributed by atoms with Crippen LogP contribution < -0.4 is 15.4 Å². The second-order valence-electron chi connectivity index (χ2n) is 5.32. The number of nitrogens with one attached hydrogen (secondary N) is 3. The number of amides is 1. The van der Waals surface area contributed by atoms with Crippen LogP contribution >= 0.6 is 22.9 Å². The van der Waals surface area contributed by atoms with Gasteiger partial charge in [-0.05, 0) is 38.4 Å². The molecule has 3 N–H and O–H groups in total. The first-order valence-electron chi connectivity index (χ1n) is 7.14. The molecule has 1 aliphatic heterocycles. The maximum atomic E-state index is 12.0. The highest BCUT2D eigenvalue weighted by Gasteiger charge is 2.24. The summed E-state index contributed by atoms with van der Waals surface area (Å²) in [7, 11) is -3.55. The van der Waals surface area contributed by atoms with E-state index in [2.05, 4.69) is 22.3 Å². The average Bonchev–Trinajstić information content (AvgIpc) is 2.91. The summed E-state index contributed by atoms with van der Waals surface area (Å²) in [6, 6.07) is 3.34. The van der Waals surface area contributed by atoms with E-state index in [9.17, 15) is 13.2 Å². The highest BCUT2D eigenvalue weighted by Crippen LogP contribution is 2.25. The molecule has 0 unspecified atom stereocenters. The summed E-state index contributed by atoms with van der Waals surface area (Å²) in [5.74, 6) is -0.00400. The molecule has 2 heterocycles. The first-order valence-corrected chi connectivity index (χ1v) is 9.82. The maximum absolute atomic E-state index is 12.0. The molecule has 6 nitrogen and oxygen atoms in total. The Hall–Kier alpha value is -0.670. The van der Waals surface area contributed by atoms with Crippen molar-refractivity contribution in [3.8, 4) is 0 Å². The Kier molecular flexibility index (Phi) is 6.22. The molecule has 1 aliphatic rings. The van der Waals surface area contributed by atoms with Crippen LogP contribution in [0.15, 0.2) is 16.3 Å². The SMILES string of the molecule is C[C@H]1C[C@@H](C(=O)NCCNS(=O)(=O)c2ccc(Cl)s2)CCN1. The van der Waals surface area contributed by atoms with E-state index in [-0.39, 0.29) is 29.1 Å². The van der Waals surface area contributed by atoms with E-state index in [4.69, 9.17) is 11.6 Å². The van der Waals surface area contributed by atoms with Gasteiger partial charge in [0.1, 0.15) is 4.21 Å². The molecule has 1 aromatic heterocycles. The van der Waals surface area contributed by atoms with Crippen LogP contribution in [0, 0.1) is 5.92 Å². The fourth-order valence-corrected chi connectivity index (χ4v) is 4.96. The highest BCUT2D eigenvalue weighted by molar-refractivity contribution is 7.91. The minimum absolute atomic E-state index is 0.00367. The number of thiophene rings is 1. The molecule has 1 fully saturated rings. The molecule has 9 heteroatoms. The lowest BCUT2D eigenvalue weighted by atomic mass is 9.92. The summed E-state index contributed by atoms with van der Waals surface area (Å²) in [4.78, 5) is 12.0. The van der Waals surface area contributed by atoms with Crippen LogP contribution in [0.2, 0.25) is 4.34 Å². The minimum atomic E-state index is -3.55. The largest absolute Gasteiger partial charge is 0.355 e. The lowest BCUT2D eigenvalue weighted by Crippen LogP contribution is -2.44. The van der Waals surface area contributed by atoms with E-state index in [1.165, 1.54) is 6.07 Å². The van der Waals surface area contributed by atoms with Gasteiger partial charge in [-0.25, -0.2) is 13.1 Å². The van der Waals surface area contributed by atoms with Crippen LogP contribution in [0.3, 0.4) is 0 Å². The molecule has 0 radical (unpaired) electrons. The van der Waals surface area contributed by atoms with Crippen LogP contribution in [0.1, 0.15) is 19.8 Å². The van der Waals surface area contributed by atoms with Gasteiger partial charge in [0, 0.05) is 25.0 Å². The normalized spacial score (nSPS) is 22.5. The second-order valence-corrected chi connectivity index (χ2v) is 9.03. The Morgan fingerprint density at radius 3 is 2.86 bits per heavy atom. The van der Waals surface area contributed by atoms with Gasteiger partial charge in [0.05, 0.1) is 4.34 Å². The Balaban J connectivity index is 1.73. The fourth-order valence-electron chi connectivity index (χ4n) is 2.40. The summed E-state index contributed by atoms with van der Waals surface area (Å²) in [6.07, 6.45) is 1.63. The number of carbonyl (C=O) groups is 1. The number of hydrogen-bond donors (Lipinski definition) is 3. The zero-order valence-corrected chi connectivity index (χ0v) is 14.7. The molecule has 0 aliphatic carbocycles. The van der Waals surface area contributed by atoms with Gasteiger partial charge in [-0.3, -0.25) is 4.79 Å². The number of sulfonamides is 1. The molecule has 0 saturated carbocycles. The lowest BCUT2D eigenvalue weighted by Gasteiger charge is -2.27. The van der Waals surface area contributed by atoms with Crippen molar-refractivity contribution in [2.45, 2.75) is 30.0 Å². The van der Waals surface area contributed by atoms with Crippen molar-refractivity contribution in [3.05, 3.63) is 16.5 Å². The number of carbonyl (C=O) groups excluding carboxylic acids is 1. The van der Waals surface area contributed by atoms with Gasteiger partial charge >= 0.3 is 0 Å². The Labute approximate surface area is 139 Å². The van der Waals surface area contributed by atoms with Gasteiger partial charge < -0.3 is 10.6 Å². The summed E-state index contributed by atoms with van der Waals surface area (Å²) in [5.41, 5.74) is 0. The fraction of sp³-hybridized carbons (Fsp3) is 0.615. The monoisotopic (exact) mass is 365 g/mol. The maximum Gasteiger partial charge on any atom is 0.250 e. The quantitative estimate of drug-likeness (QED) is 0.661. The standard InChI is InChI=1S/C13H20ClN3O3S2/c1-9-8-10(4-5-15-9)13(18)16-6-7-17-22(19,20)12-3-2-11(14)21-12/h2-3,9-10,15,17H,4-8H2,1H3,(H,16,18)/t9-,10-/m0/s1. The van der Waals surface area contributed by atoms with Crippen molar-refractivity contribution < 1.29 is 13.2 Å². The van der Waals surface area contributed by atoms with E-state index < -0.39 is 10.0 Å². The smallest absolute Gasteiger partial charge is 0.250 e. The Morgan fingerprint density at radius 1 is 1.45 bits per heavy atom. The van der Waals surface area contributed by atoms with Crippen molar-refractivity contribution in [3.63, 3.8) is 0 Å². The van der Waals surface area contributed by atoms with Crippen LogP contribution in [-0.4, -0.2) is 40.0 Å². The van der Waals surface area contributed by atoms with Crippen LogP contribution in [0.5, 0.6) is 0 Å². The molecule has 1 amide bonds. The first kappa shape index (κ1) is 17.7. The number of rotatable bonds is 6. The number of hydrogen-bond acceptors (Lipinski definition) is 5. The van der Waals surface area contributed by atoms with Gasteiger partial charge in [-0.15, -0.1) is 11.3 Å². The zero-order valence-electron chi connectivity index (χ0n) is 12.3. The van der Waals surface area contributed by atoms with Crippen molar-refractivity contribution >= 4 is 38.9 Å². The van der Waals surface area contributed by atoms with E-state index in [0.717, 1.165) is 30.7 Å². The van der Waals surface area contributed by atoms with Crippen molar-refractivity contribution in [1.82, 2.24) is 15.4 Å². The van der Waals surface area contributed by atoms with Crippen molar-refractivity contribution in [2.75, 3.05) is 19.6 Å². The Morgan fingerprint density at radius 2 is 2.23 bits per heavy atom. The summed E-state index contributed by atoms with van der Waals surface area (Å²) in [6.45, 7) is 3.32. The van der Waals surface area contributed by atoms with E-state index in [0.29, 0.717) is 10.4 Å². The van der Waals surface area contributed by atoms with E-state index in [1.54, 1.807) is 6.07 Å². The third-order valence-corrected chi connectivity index (χ3v) is 6.71. The average molecular weight is 366 g/mol. The molecular weight excluding hydrogens is 346 g/mol. The summed E-state index contributed by atoms with van der Waals surface area (Å²) >= 11 is 6.73. The van der Waals surface area contributed by atoms with Gasteiger partial charge in [-0.1, -0.05) is 11.6 Å².